The Kier molecular flexibility index (Phi) is 7.68. The van der Waals surface area contributed by atoms with Gasteiger partial charge in [-0.25, -0.2) is 9.18 Å². The molecule has 0 fully saturated rings. The fraction of sp³-hybridized carbons (Fsp3) is 0.286. The Labute approximate surface area is 163 Å². The Morgan fingerprint density at radius 1 is 0.893 bits per heavy atom. The number of hydrogen-bond acceptors (Lipinski definition) is 4. The van der Waals surface area contributed by atoms with Crippen LogP contribution in [0.3, 0.4) is 0 Å². The Morgan fingerprint density at radius 2 is 1.46 bits per heavy atom. The number of rotatable bonds is 8. The zero-order chi connectivity index (χ0) is 20.5. The molecule has 2 atom stereocenters. The van der Waals surface area contributed by atoms with Crippen LogP contribution in [0, 0.1) is 5.82 Å². The van der Waals surface area contributed by atoms with Gasteiger partial charge in [0.2, 0.25) is 11.8 Å². The molecule has 0 aliphatic carbocycles. The molecule has 0 saturated heterocycles. The highest BCUT2D eigenvalue weighted by atomic mass is 19.1. The van der Waals surface area contributed by atoms with Crippen molar-refractivity contribution in [3.8, 4) is 0 Å². The van der Waals surface area contributed by atoms with E-state index in [2.05, 4.69) is 10.6 Å². The van der Waals surface area contributed by atoms with Gasteiger partial charge in [0.05, 0.1) is 7.11 Å². The number of halogens is 1. The second-order valence-electron chi connectivity index (χ2n) is 6.36. The summed E-state index contributed by atoms with van der Waals surface area (Å²) in [5.74, 6) is -1.88. The molecule has 28 heavy (non-hydrogen) atoms. The number of carbonyl (C=O) groups excluding carboxylic acids is 3. The molecule has 0 unspecified atom stereocenters. The zero-order valence-corrected chi connectivity index (χ0v) is 15.8. The summed E-state index contributed by atoms with van der Waals surface area (Å²) in [4.78, 5) is 36.4. The number of hydrogen-bond donors (Lipinski definition) is 2. The van der Waals surface area contributed by atoms with Crippen LogP contribution < -0.4 is 10.6 Å². The van der Waals surface area contributed by atoms with Crippen molar-refractivity contribution in [2.24, 2.45) is 0 Å². The highest BCUT2D eigenvalue weighted by molar-refractivity contribution is 5.90. The van der Waals surface area contributed by atoms with Crippen molar-refractivity contribution in [3.05, 3.63) is 71.5 Å². The van der Waals surface area contributed by atoms with Crippen molar-refractivity contribution in [1.29, 1.82) is 0 Å². The van der Waals surface area contributed by atoms with E-state index in [1.165, 1.54) is 26.2 Å². The summed E-state index contributed by atoms with van der Waals surface area (Å²) >= 11 is 0. The maximum absolute atomic E-state index is 13.1. The highest BCUT2D eigenvalue weighted by Gasteiger charge is 2.27. The van der Waals surface area contributed by atoms with Crippen LogP contribution in [-0.2, 0) is 32.0 Å². The first-order chi connectivity index (χ1) is 13.4. The van der Waals surface area contributed by atoms with Gasteiger partial charge in [-0.2, -0.15) is 0 Å². The maximum atomic E-state index is 13.1. The smallest absolute Gasteiger partial charge is 0.328 e. The van der Waals surface area contributed by atoms with E-state index in [-0.39, 0.29) is 18.7 Å². The second-order valence-corrected chi connectivity index (χ2v) is 6.36. The summed E-state index contributed by atoms with van der Waals surface area (Å²) in [6.45, 7) is 1.30. The normalized spacial score (nSPS) is 12.5. The van der Waals surface area contributed by atoms with E-state index >= 15 is 0 Å². The molecule has 0 radical (unpaired) electrons. The van der Waals surface area contributed by atoms with Gasteiger partial charge in [-0.1, -0.05) is 42.5 Å². The minimum Gasteiger partial charge on any atom is -0.467 e. The molecule has 2 amide bonds. The number of methoxy groups -OCH3 is 1. The summed E-state index contributed by atoms with van der Waals surface area (Å²) in [6, 6.07) is 13.0. The summed E-state index contributed by atoms with van der Waals surface area (Å²) in [5.41, 5.74) is 1.53. The van der Waals surface area contributed by atoms with Crippen molar-refractivity contribution in [2.75, 3.05) is 7.11 Å². The van der Waals surface area contributed by atoms with E-state index in [0.717, 1.165) is 5.56 Å². The molecule has 6 nitrogen and oxygen atoms in total. The molecule has 148 valence electrons. The van der Waals surface area contributed by atoms with Gasteiger partial charge < -0.3 is 15.4 Å². The minimum absolute atomic E-state index is 0.158. The molecule has 7 heteroatoms. The number of amides is 2. The van der Waals surface area contributed by atoms with E-state index in [0.29, 0.717) is 5.56 Å². The van der Waals surface area contributed by atoms with Crippen molar-refractivity contribution < 1.29 is 23.5 Å². The van der Waals surface area contributed by atoms with Gasteiger partial charge in [0.25, 0.3) is 0 Å². The van der Waals surface area contributed by atoms with Crippen molar-refractivity contribution in [3.63, 3.8) is 0 Å². The van der Waals surface area contributed by atoms with E-state index in [4.69, 9.17) is 4.74 Å². The molecule has 2 N–H and O–H groups in total. The molecule has 0 aliphatic rings. The second kappa shape index (κ2) is 10.2. The lowest BCUT2D eigenvalue weighted by Gasteiger charge is -2.22. The van der Waals surface area contributed by atoms with Crippen LogP contribution in [-0.4, -0.2) is 37.0 Å². The molecule has 0 bridgehead atoms. The lowest BCUT2D eigenvalue weighted by atomic mass is 10.0. The van der Waals surface area contributed by atoms with Gasteiger partial charge in [0, 0.05) is 19.8 Å². The number of ether oxygens (including phenoxy) is 1. The lowest BCUT2D eigenvalue weighted by Crippen LogP contribution is -2.53. The Bertz CT molecular complexity index is 809. The average Bonchev–Trinajstić information content (AvgIpc) is 2.68. The molecule has 0 spiro atoms. The average molecular weight is 386 g/mol. The standard InChI is InChI=1S/C21H23FN2O4/c1-14(25)23-18(12-16-8-10-17(22)11-9-16)20(26)24-19(21(27)28-2)13-15-6-4-3-5-7-15/h3-11,18-19H,12-13H2,1-2H3,(H,23,25)(H,24,26)/t18-,19-/m1/s1. The Hall–Kier alpha value is -3.22. The highest BCUT2D eigenvalue weighted by Crippen LogP contribution is 2.08. The molecule has 2 aromatic carbocycles. The molecule has 2 rings (SSSR count). The maximum Gasteiger partial charge on any atom is 0.328 e. The van der Waals surface area contributed by atoms with Crippen molar-refractivity contribution in [2.45, 2.75) is 31.8 Å². The fourth-order valence-electron chi connectivity index (χ4n) is 2.77. The van der Waals surface area contributed by atoms with Gasteiger partial charge in [-0.15, -0.1) is 0 Å². The van der Waals surface area contributed by atoms with Gasteiger partial charge in [0.15, 0.2) is 0 Å². The lowest BCUT2D eigenvalue weighted by molar-refractivity contribution is -0.145. The molecule has 0 aromatic heterocycles. The van der Waals surface area contributed by atoms with Crippen molar-refractivity contribution in [1.82, 2.24) is 10.6 Å². The molecule has 0 saturated carbocycles. The van der Waals surface area contributed by atoms with E-state index < -0.39 is 29.8 Å². The topological polar surface area (TPSA) is 84.5 Å². The van der Waals surface area contributed by atoms with Gasteiger partial charge in [-0.3, -0.25) is 9.59 Å². The monoisotopic (exact) mass is 386 g/mol. The van der Waals surface area contributed by atoms with Crippen LogP contribution in [0.5, 0.6) is 0 Å². The molecule has 0 heterocycles. The van der Waals surface area contributed by atoms with Crippen LogP contribution >= 0.6 is 0 Å². The first-order valence-corrected chi connectivity index (χ1v) is 8.82. The summed E-state index contributed by atoms with van der Waals surface area (Å²) < 4.78 is 17.9. The third kappa shape index (κ3) is 6.50. The summed E-state index contributed by atoms with van der Waals surface area (Å²) in [5, 5.41) is 5.22. The van der Waals surface area contributed by atoms with Gasteiger partial charge in [0.1, 0.15) is 17.9 Å². The van der Waals surface area contributed by atoms with Crippen LogP contribution in [0.1, 0.15) is 18.1 Å². The summed E-state index contributed by atoms with van der Waals surface area (Å²) in [6.07, 6.45) is 0.410. The molecular formula is C21H23FN2O4. The molecule has 2 aromatic rings. The van der Waals surface area contributed by atoms with E-state index in [1.807, 2.05) is 30.3 Å². The third-order valence-electron chi connectivity index (χ3n) is 4.13. The predicted octanol–water partition coefficient (Wildman–Crippen LogP) is 1.77. The molecular weight excluding hydrogens is 363 g/mol. The number of carbonyl (C=O) groups is 3. The Morgan fingerprint density at radius 3 is 2.04 bits per heavy atom. The zero-order valence-electron chi connectivity index (χ0n) is 15.8. The van der Waals surface area contributed by atoms with Crippen LogP contribution in [0.4, 0.5) is 4.39 Å². The fourth-order valence-corrected chi connectivity index (χ4v) is 2.77. The van der Waals surface area contributed by atoms with Crippen LogP contribution in [0.15, 0.2) is 54.6 Å². The van der Waals surface area contributed by atoms with Gasteiger partial charge >= 0.3 is 5.97 Å². The van der Waals surface area contributed by atoms with Crippen LogP contribution in [0.25, 0.3) is 0 Å². The number of esters is 1. The third-order valence-corrected chi connectivity index (χ3v) is 4.13. The molecule has 0 aliphatic heterocycles. The quantitative estimate of drug-likeness (QED) is 0.678. The minimum atomic E-state index is -0.911. The first kappa shape index (κ1) is 21.1. The van der Waals surface area contributed by atoms with Gasteiger partial charge in [-0.05, 0) is 23.3 Å². The SMILES string of the molecule is COC(=O)[C@@H](Cc1ccccc1)NC(=O)[C@@H](Cc1ccc(F)cc1)NC(C)=O. The largest absolute Gasteiger partial charge is 0.467 e. The number of benzene rings is 2. The summed E-state index contributed by atoms with van der Waals surface area (Å²) in [7, 11) is 1.25. The van der Waals surface area contributed by atoms with E-state index in [1.54, 1.807) is 12.1 Å². The first-order valence-electron chi connectivity index (χ1n) is 8.82. The Balaban J connectivity index is 2.14. The number of nitrogens with one attached hydrogen (secondary N) is 2. The predicted molar refractivity (Wildman–Crippen MR) is 102 cm³/mol. The van der Waals surface area contributed by atoms with Crippen LogP contribution in [0.2, 0.25) is 0 Å². The van der Waals surface area contributed by atoms with E-state index in [9.17, 15) is 18.8 Å². The van der Waals surface area contributed by atoms with Crippen molar-refractivity contribution >= 4 is 17.8 Å².